The first-order valence-electron chi connectivity index (χ1n) is 6.79. The number of rotatable bonds is 0. The Morgan fingerprint density at radius 3 is 2.58 bits per heavy atom. The van der Waals surface area contributed by atoms with Gasteiger partial charge in [-0.15, -0.1) is 0 Å². The maximum absolute atomic E-state index is 10.4. The molecule has 1 aromatic rings. The molecule has 2 aliphatic rings. The van der Waals surface area contributed by atoms with E-state index >= 15 is 0 Å². The average Bonchev–Trinajstić information content (AvgIpc) is 2.28. The minimum atomic E-state index is -0.514. The van der Waals surface area contributed by atoms with E-state index in [1.54, 1.807) is 12.1 Å². The normalized spacial score (nSPS) is 37.8. The second-order valence-electron chi connectivity index (χ2n) is 5.85. The number of aliphatic hydroxyl groups is 1. The molecule has 1 N–H and O–H groups in total. The maximum Gasteiger partial charge on any atom is 0.126 e. The Morgan fingerprint density at radius 2 is 1.89 bits per heavy atom. The predicted molar refractivity (Wildman–Crippen MR) is 73.6 cm³/mol. The van der Waals surface area contributed by atoms with Crippen molar-refractivity contribution in [3.8, 4) is 5.75 Å². The Balaban J connectivity index is 1.94. The highest BCUT2D eigenvalue weighted by atomic mass is 35.5. The molecule has 0 aromatic heterocycles. The number of benzene rings is 1. The van der Waals surface area contributed by atoms with Crippen LogP contribution in [-0.4, -0.2) is 22.9 Å². The Bertz CT molecular complexity index is 478. The third kappa shape index (κ3) is 2.47. The van der Waals surface area contributed by atoms with Gasteiger partial charge in [-0.05, 0) is 32.0 Å². The smallest absolute Gasteiger partial charge is 0.126 e. The SMILES string of the molecule is CC1CC2(CC(C)O1)CC(O)c1cc(Cl)ccc1O2. The summed E-state index contributed by atoms with van der Waals surface area (Å²) in [4.78, 5) is 0. The Morgan fingerprint density at radius 1 is 1.21 bits per heavy atom. The summed E-state index contributed by atoms with van der Waals surface area (Å²) in [6, 6.07) is 5.45. The second kappa shape index (κ2) is 4.65. The van der Waals surface area contributed by atoms with E-state index < -0.39 is 6.10 Å². The van der Waals surface area contributed by atoms with Gasteiger partial charge in [0.2, 0.25) is 0 Å². The van der Waals surface area contributed by atoms with Gasteiger partial charge in [0.1, 0.15) is 11.4 Å². The topological polar surface area (TPSA) is 38.7 Å². The van der Waals surface area contributed by atoms with Crippen molar-refractivity contribution in [2.45, 2.75) is 57.0 Å². The molecule has 104 valence electrons. The van der Waals surface area contributed by atoms with E-state index in [1.807, 2.05) is 6.07 Å². The molecule has 3 rings (SSSR count). The first-order valence-corrected chi connectivity index (χ1v) is 7.17. The van der Waals surface area contributed by atoms with Crippen molar-refractivity contribution in [2.75, 3.05) is 0 Å². The lowest BCUT2D eigenvalue weighted by atomic mass is 9.79. The fraction of sp³-hybridized carbons (Fsp3) is 0.600. The second-order valence-corrected chi connectivity index (χ2v) is 6.29. The van der Waals surface area contributed by atoms with E-state index in [9.17, 15) is 5.11 Å². The third-order valence-electron chi connectivity index (χ3n) is 4.01. The van der Waals surface area contributed by atoms with Gasteiger partial charge in [-0.1, -0.05) is 11.6 Å². The van der Waals surface area contributed by atoms with Gasteiger partial charge in [0, 0.05) is 29.8 Å². The van der Waals surface area contributed by atoms with E-state index in [4.69, 9.17) is 21.1 Å². The van der Waals surface area contributed by atoms with E-state index in [-0.39, 0.29) is 17.8 Å². The van der Waals surface area contributed by atoms with Crippen LogP contribution in [0.1, 0.15) is 44.8 Å². The van der Waals surface area contributed by atoms with Crippen molar-refractivity contribution in [2.24, 2.45) is 0 Å². The van der Waals surface area contributed by atoms with Gasteiger partial charge in [-0.2, -0.15) is 0 Å². The van der Waals surface area contributed by atoms with Crippen LogP contribution in [0.5, 0.6) is 5.75 Å². The lowest BCUT2D eigenvalue weighted by Gasteiger charge is -2.46. The van der Waals surface area contributed by atoms with Crippen molar-refractivity contribution in [3.05, 3.63) is 28.8 Å². The minimum absolute atomic E-state index is 0.157. The summed E-state index contributed by atoms with van der Waals surface area (Å²) in [7, 11) is 0. The van der Waals surface area contributed by atoms with Crippen molar-refractivity contribution in [3.63, 3.8) is 0 Å². The van der Waals surface area contributed by atoms with Gasteiger partial charge >= 0.3 is 0 Å². The minimum Gasteiger partial charge on any atom is -0.487 e. The molecule has 3 nitrogen and oxygen atoms in total. The molecule has 1 spiro atoms. The molecular weight excluding hydrogens is 264 g/mol. The number of aliphatic hydroxyl groups excluding tert-OH is 1. The highest BCUT2D eigenvalue weighted by Crippen LogP contribution is 2.46. The zero-order valence-electron chi connectivity index (χ0n) is 11.2. The fourth-order valence-electron chi connectivity index (χ4n) is 3.48. The van der Waals surface area contributed by atoms with Gasteiger partial charge in [-0.25, -0.2) is 0 Å². The van der Waals surface area contributed by atoms with E-state index in [2.05, 4.69) is 13.8 Å². The van der Waals surface area contributed by atoms with Crippen LogP contribution in [0.2, 0.25) is 5.02 Å². The van der Waals surface area contributed by atoms with E-state index in [0.29, 0.717) is 11.4 Å². The summed E-state index contributed by atoms with van der Waals surface area (Å²) in [5.74, 6) is 0.754. The van der Waals surface area contributed by atoms with E-state index in [0.717, 1.165) is 24.2 Å². The summed E-state index contributed by atoms with van der Waals surface area (Å²) < 4.78 is 12.0. The first-order chi connectivity index (χ1) is 8.97. The van der Waals surface area contributed by atoms with Crippen LogP contribution in [0.25, 0.3) is 0 Å². The molecule has 0 radical (unpaired) electrons. The molecule has 1 aromatic carbocycles. The fourth-order valence-corrected chi connectivity index (χ4v) is 3.66. The summed E-state index contributed by atoms with van der Waals surface area (Å²) in [6.45, 7) is 4.12. The predicted octanol–water partition coefficient (Wildman–Crippen LogP) is 3.48. The average molecular weight is 283 g/mol. The van der Waals surface area contributed by atoms with Crippen LogP contribution >= 0.6 is 11.6 Å². The van der Waals surface area contributed by atoms with Crippen LogP contribution in [-0.2, 0) is 4.74 Å². The molecule has 0 amide bonds. The van der Waals surface area contributed by atoms with Gasteiger partial charge < -0.3 is 14.6 Å². The van der Waals surface area contributed by atoms with Crippen molar-refractivity contribution in [1.29, 1.82) is 0 Å². The molecule has 3 atom stereocenters. The highest BCUT2D eigenvalue weighted by molar-refractivity contribution is 6.30. The Hall–Kier alpha value is -0.770. The molecule has 2 heterocycles. The molecule has 2 aliphatic heterocycles. The Kier molecular flexibility index (Phi) is 3.24. The molecule has 1 fully saturated rings. The van der Waals surface area contributed by atoms with Crippen LogP contribution < -0.4 is 4.74 Å². The molecule has 1 saturated heterocycles. The highest BCUT2D eigenvalue weighted by Gasteiger charge is 2.45. The maximum atomic E-state index is 10.4. The molecule has 0 saturated carbocycles. The summed E-state index contributed by atoms with van der Waals surface area (Å²) in [6.07, 6.45) is 2.04. The quantitative estimate of drug-likeness (QED) is 0.792. The van der Waals surface area contributed by atoms with Crippen LogP contribution in [0, 0.1) is 0 Å². The number of hydrogen-bond acceptors (Lipinski definition) is 3. The molecule has 0 bridgehead atoms. The molecule has 3 unspecified atom stereocenters. The number of halogens is 1. The zero-order valence-corrected chi connectivity index (χ0v) is 12.0. The van der Waals surface area contributed by atoms with Crippen LogP contribution in [0.3, 0.4) is 0 Å². The van der Waals surface area contributed by atoms with Crippen LogP contribution in [0.4, 0.5) is 0 Å². The van der Waals surface area contributed by atoms with Gasteiger partial charge in [-0.3, -0.25) is 0 Å². The number of ether oxygens (including phenoxy) is 2. The number of fused-ring (bicyclic) bond motifs is 1. The van der Waals surface area contributed by atoms with E-state index in [1.165, 1.54) is 0 Å². The molecule has 4 heteroatoms. The summed E-state index contributed by atoms with van der Waals surface area (Å²) in [5, 5.41) is 11.0. The molecule has 0 aliphatic carbocycles. The number of hydrogen-bond donors (Lipinski definition) is 1. The van der Waals surface area contributed by atoms with Gasteiger partial charge in [0.25, 0.3) is 0 Å². The van der Waals surface area contributed by atoms with Gasteiger partial charge in [0.15, 0.2) is 0 Å². The first kappa shape index (κ1) is 13.2. The molecular formula is C15H19ClO3. The zero-order chi connectivity index (χ0) is 13.6. The lowest BCUT2D eigenvalue weighted by Crippen LogP contribution is -2.50. The molecule has 19 heavy (non-hydrogen) atoms. The standard InChI is InChI=1S/C15H19ClO3/c1-9-6-15(7-10(2)18-9)8-13(17)12-5-11(16)3-4-14(12)19-15/h3-5,9-10,13,17H,6-8H2,1-2H3. The van der Waals surface area contributed by atoms with Crippen molar-refractivity contribution >= 4 is 11.6 Å². The third-order valence-corrected chi connectivity index (χ3v) is 4.24. The lowest BCUT2D eigenvalue weighted by molar-refractivity contribution is -0.140. The van der Waals surface area contributed by atoms with Crippen molar-refractivity contribution < 1.29 is 14.6 Å². The summed E-state index contributed by atoms with van der Waals surface area (Å²) in [5.41, 5.74) is 0.488. The van der Waals surface area contributed by atoms with Crippen molar-refractivity contribution in [1.82, 2.24) is 0 Å². The largest absolute Gasteiger partial charge is 0.487 e. The van der Waals surface area contributed by atoms with Crippen LogP contribution in [0.15, 0.2) is 18.2 Å². The Labute approximate surface area is 118 Å². The summed E-state index contributed by atoms with van der Waals surface area (Å²) >= 11 is 5.98. The monoisotopic (exact) mass is 282 g/mol. The van der Waals surface area contributed by atoms with Gasteiger partial charge in [0.05, 0.1) is 18.3 Å².